The molecule has 0 bridgehead atoms. The molecule has 18 heavy (non-hydrogen) atoms. The maximum atomic E-state index is 11.8. The molecule has 0 aliphatic rings. The fourth-order valence-electron chi connectivity index (χ4n) is 0.659. The van der Waals surface area contributed by atoms with E-state index in [9.17, 15) is 39.3 Å². The quantitative estimate of drug-likeness (QED) is 0.541. The minimum Gasteiger partial charge on any atom is -0.445 e. The molecule has 0 saturated heterocycles. The minimum atomic E-state index is -5.84. The zero-order valence-corrected chi connectivity index (χ0v) is 12.0. The zero-order valence-electron chi connectivity index (χ0n) is 8.88. The average Bonchev–Trinajstić information content (AvgIpc) is 1.96. The summed E-state index contributed by atoms with van der Waals surface area (Å²) in [6.45, 7) is -5.31. The molecule has 0 aromatic heterocycles. The van der Waals surface area contributed by atoms with Crippen molar-refractivity contribution in [2.75, 3.05) is 6.61 Å². The summed E-state index contributed by atoms with van der Waals surface area (Å²) < 4.78 is 110. The fraction of sp³-hybridized carbons (Fsp3) is 0.667. The predicted octanol–water partition coefficient (Wildman–Crippen LogP) is 0.443. The van der Waals surface area contributed by atoms with Crippen LogP contribution in [0.3, 0.4) is 0 Å². The van der Waals surface area contributed by atoms with E-state index in [4.69, 9.17) is 0 Å². The van der Waals surface area contributed by atoms with Crippen molar-refractivity contribution in [2.24, 2.45) is 0 Å². The van der Waals surface area contributed by atoms with Crippen LogP contribution >= 0.6 is 0 Å². The Labute approximate surface area is 138 Å². The van der Waals surface area contributed by atoms with E-state index in [1.807, 2.05) is 0 Å². The Morgan fingerprint density at radius 2 is 1.33 bits per heavy atom. The summed E-state index contributed by atoms with van der Waals surface area (Å²) in [7, 11) is 0. The molecule has 0 fully saturated rings. The molecule has 0 N–H and O–H groups in total. The van der Waals surface area contributed by atoms with Gasteiger partial charge in [0.25, 0.3) is 0 Å². The number of rotatable bonds is 4. The third-order valence-electron chi connectivity index (χ3n) is 1.49. The first kappa shape index (κ1) is 21.1. The minimum absolute atomic E-state index is 0. The van der Waals surface area contributed by atoms with E-state index >= 15 is 0 Å². The van der Waals surface area contributed by atoms with Gasteiger partial charge in [0.05, 0.1) is 0 Å². The van der Waals surface area contributed by atoms with Crippen molar-refractivity contribution in [2.45, 2.75) is 18.5 Å². The SMILES string of the molecule is C=C(COC(C(F)(F)F)C(F)(F)F)[B-](F)(F)F.[K+]. The second-order valence-corrected chi connectivity index (χ2v) is 3.01. The third kappa shape index (κ3) is 7.38. The Bertz CT molecular complexity index is 266. The smallest absolute Gasteiger partial charge is 0.445 e. The number of halogens is 9. The molecule has 0 saturated carbocycles. The van der Waals surface area contributed by atoms with Crippen LogP contribution in [0.2, 0.25) is 0 Å². The normalized spacial score (nSPS) is 13.4. The van der Waals surface area contributed by atoms with Crippen LogP contribution in [0, 0.1) is 0 Å². The van der Waals surface area contributed by atoms with E-state index in [0.29, 0.717) is 0 Å². The maximum absolute atomic E-state index is 11.8. The summed E-state index contributed by atoms with van der Waals surface area (Å²) in [5.74, 6) is 0. The molecule has 0 aromatic carbocycles. The Hall–Kier alpha value is 0.771. The van der Waals surface area contributed by atoms with Crippen LogP contribution in [0.4, 0.5) is 39.3 Å². The molecule has 0 amide bonds. The van der Waals surface area contributed by atoms with Crippen molar-refractivity contribution in [3.63, 3.8) is 0 Å². The van der Waals surface area contributed by atoms with Gasteiger partial charge in [-0.2, -0.15) is 26.3 Å². The van der Waals surface area contributed by atoms with E-state index < -0.39 is 37.5 Å². The summed E-state index contributed by atoms with van der Waals surface area (Å²) in [6, 6.07) is 0. The first-order valence-electron chi connectivity index (χ1n) is 3.89. The number of hydrogen-bond donors (Lipinski definition) is 0. The molecule has 12 heteroatoms. The van der Waals surface area contributed by atoms with Gasteiger partial charge in [-0.1, -0.05) is 0 Å². The maximum Gasteiger partial charge on any atom is 1.00 e. The van der Waals surface area contributed by atoms with E-state index in [0.717, 1.165) is 0 Å². The van der Waals surface area contributed by atoms with Crippen molar-refractivity contribution in [3.05, 3.63) is 12.1 Å². The van der Waals surface area contributed by atoms with Crippen molar-refractivity contribution < 1.29 is 95.4 Å². The standard InChI is InChI=1S/C6H5BF9O.K/c1-3(7(14,15)16)2-17-4(5(8,9)10)6(11,12)13;/h4H,1-2H2;/q-1;+1. The second kappa shape index (κ2) is 6.97. The Kier molecular flexibility index (Phi) is 8.17. The van der Waals surface area contributed by atoms with Crippen LogP contribution in [-0.2, 0) is 4.74 Å². The first-order valence-corrected chi connectivity index (χ1v) is 3.89. The number of ether oxygens (including phenoxy) is 1. The summed E-state index contributed by atoms with van der Waals surface area (Å²) in [5.41, 5.74) is -1.77. The number of hydrogen-bond acceptors (Lipinski definition) is 1. The van der Waals surface area contributed by atoms with Gasteiger partial charge in [-0.05, 0) is 0 Å². The molecular weight excluding hydrogens is 309 g/mol. The van der Waals surface area contributed by atoms with Crippen molar-refractivity contribution in [1.82, 2.24) is 0 Å². The summed E-state index contributed by atoms with van der Waals surface area (Å²) in [5, 5.41) is 0. The van der Waals surface area contributed by atoms with Crippen LogP contribution in [0.15, 0.2) is 12.1 Å². The van der Waals surface area contributed by atoms with E-state index in [-0.39, 0.29) is 51.4 Å². The average molecular weight is 314 g/mol. The molecule has 0 spiro atoms. The molecule has 0 unspecified atom stereocenters. The molecule has 0 rings (SSSR count). The van der Waals surface area contributed by atoms with Gasteiger partial charge in [0.2, 0.25) is 6.10 Å². The van der Waals surface area contributed by atoms with Gasteiger partial charge in [-0.3, -0.25) is 0 Å². The van der Waals surface area contributed by atoms with Crippen molar-refractivity contribution in [1.29, 1.82) is 0 Å². The molecule has 0 radical (unpaired) electrons. The molecule has 0 heterocycles. The fourth-order valence-corrected chi connectivity index (χ4v) is 0.659. The van der Waals surface area contributed by atoms with E-state index in [1.165, 1.54) is 0 Å². The molecule has 1 nitrogen and oxygen atoms in total. The Morgan fingerprint density at radius 3 is 1.56 bits per heavy atom. The predicted molar refractivity (Wildman–Crippen MR) is 40.1 cm³/mol. The Balaban J connectivity index is 0. The van der Waals surface area contributed by atoms with Crippen LogP contribution < -0.4 is 51.4 Å². The van der Waals surface area contributed by atoms with Crippen LogP contribution in [0.1, 0.15) is 0 Å². The summed E-state index contributed by atoms with van der Waals surface area (Å²) >= 11 is 0. The van der Waals surface area contributed by atoms with Crippen LogP contribution in [-0.4, -0.2) is 32.0 Å². The Morgan fingerprint density at radius 1 is 1.00 bits per heavy atom. The van der Waals surface area contributed by atoms with Crippen molar-refractivity contribution >= 4 is 6.98 Å². The van der Waals surface area contributed by atoms with E-state index in [1.54, 1.807) is 0 Å². The van der Waals surface area contributed by atoms with Crippen LogP contribution in [0.5, 0.6) is 0 Å². The van der Waals surface area contributed by atoms with Gasteiger partial charge >= 0.3 is 70.7 Å². The van der Waals surface area contributed by atoms with Gasteiger partial charge in [0.15, 0.2) is 0 Å². The topological polar surface area (TPSA) is 9.23 Å². The summed E-state index contributed by atoms with van der Waals surface area (Å²) in [4.78, 5) is 0. The first-order chi connectivity index (χ1) is 7.26. The third-order valence-corrected chi connectivity index (χ3v) is 1.49. The van der Waals surface area contributed by atoms with Crippen molar-refractivity contribution in [3.8, 4) is 0 Å². The largest absolute Gasteiger partial charge is 1.00 e. The molecule has 0 aliphatic heterocycles. The van der Waals surface area contributed by atoms with Gasteiger partial charge in [0.1, 0.15) is 0 Å². The zero-order chi connectivity index (χ0) is 14.1. The molecule has 0 aromatic rings. The molecule has 102 valence electrons. The molecular formula is C6H5BF9KO. The monoisotopic (exact) mass is 314 g/mol. The van der Waals surface area contributed by atoms with Gasteiger partial charge in [-0.15, -0.1) is 12.1 Å². The second-order valence-electron chi connectivity index (χ2n) is 3.01. The van der Waals surface area contributed by atoms with Crippen LogP contribution in [0.25, 0.3) is 0 Å². The summed E-state index contributed by atoms with van der Waals surface area (Å²) in [6.07, 6.45) is -15.9. The van der Waals surface area contributed by atoms with Gasteiger partial charge in [-0.25, -0.2) is 0 Å². The molecule has 0 atom stereocenters. The van der Waals surface area contributed by atoms with Gasteiger partial charge in [0, 0.05) is 6.61 Å². The van der Waals surface area contributed by atoms with Gasteiger partial charge < -0.3 is 17.7 Å². The van der Waals surface area contributed by atoms with E-state index in [2.05, 4.69) is 11.3 Å². The number of alkyl halides is 6. The molecule has 0 aliphatic carbocycles.